The molecule has 0 radical (unpaired) electrons. The lowest BCUT2D eigenvalue weighted by Crippen LogP contribution is -2.72. The van der Waals surface area contributed by atoms with Gasteiger partial charge >= 0.3 is 11.9 Å². The van der Waals surface area contributed by atoms with Crippen LogP contribution in [0.25, 0.3) is 21.8 Å². The lowest BCUT2D eigenvalue weighted by atomic mass is 10.0. The van der Waals surface area contributed by atoms with Gasteiger partial charge in [0, 0.05) is 53.5 Å². The van der Waals surface area contributed by atoms with E-state index < -0.39 is 121 Å². The van der Waals surface area contributed by atoms with Gasteiger partial charge in [-0.25, -0.2) is 4.79 Å². The van der Waals surface area contributed by atoms with Crippen LogP contribution in [0.2, 0.25) is 0 Å². The second kappa shape index (κ2) is 22.3. The molecular weight excluding hydrogens is 823 g/mol. The monoisotopic (exact) mass is 878 g/mol. The molecule has 0 saturated heterocycles. The molecule has 6 amide bonds. The van der Waals surface area contributed by atoms with Gasteiger partial charge in [0.25, 0.3) is 5.91 Å². The number of hydrogen-bond acceptors (Lipinski definition) is 10. The zero-order chi connectivity index (χ0) is 46.5. The van der Waals surface area contributed by atoms with Crippen molar-refractivity contribution in [2.24, 2.45) is 5.92 Å². The van der Waals surface area contributed by atoms with Crippen LogP contribution in [0.15, 0.2) is 60.9 Å². The van der Waals surface area contributed by atoms with Gasteiger partial charge in [0.15, 0.2) is 6.04 Å². The Morgan fingerprint density at radius 3 is 1.57 bits per heavy atom. The number of aliphatic hydroxyl groups is 2. The van der Waals surface area contributed by atoms with E-state index in [9.17, 15) is 58.8 Å². The standard InChI is InChI=1S/C42H55N9O12/c1-20(2)35(42(62)63)50-39(59)31(16-24-18-45-28-12-8-6-10-26(24)28)49-41(61)36(22(4)53)51-37(57)29(13-14-33(55)56)48-38(58)30(15-23-17-44-27-11-7-5-9-25(23)27)47-32(54)19-46-40(60)34(43)21(3)52/h5-12,17-18,20-22,29-31,34-36,44-45,52-53H,13-16,19,43H2,1-4H3,(H,46,60)(H,47,54)(H,48,58)(H,49,61)(H,50,59)(H,51,57)(H,55,56)(H,62,63)/p+1/t21-,22-,29+,30+,31+,34+,35+,36+/m1/s1. The molecule has 8 atom stereocenters. The van der Waals surface area contributed by atoms with Gasteiger partial charge < -0.3 is 68.0 Å². The van der Waals surface area contributed by atoms with Gasteiger partial charge in [0.1, 0.15) is 36.3 Å². The van der Waals surface area contributed by atoms with Crippen LogP contribution in [-0.4, -0.2) is 133 Å². The van der Waals surface area contributed by atoms with Crippen molar-refractivity contribution in [2.75, 3.05) is 6.54 Å². The van der Waals surface area contributed by atoms with E-state index in [-0.39, 0.29) is 12.8 Å². The molecule has 0 bridgehead atoms. The summed E-state index contributed by atoms with van der Waals surface area (Å²) in [6.45, 7) is 5.08. The maximum atomic E-state index is 14.0. The number of carbonyl (C=O) groups excluding carboxylic acids is 6. The third-order valence-corrected chi connectivity index (χ3v) is 10.4. The number of fused-ring (bicyclic) bond motifs is 2. The molecule has 340 valence electrons. The number of aliphatic hydroxyl groups excluding tert-OH is 2. The molecule has 0 saturated carbocycles. The average Bonchev–Trinajstić information content (AvgIpc) is 3.84. The maximum absolute atomic E-state index is 14.0. The maximum Gasteiger partial charge on any atom is 0.326 e. The fourth-order valence-corrected chi connectivity index (χ4v) is 6.72. The summed E-state index contributed by atoms with van der Waals surface area (Å²) >= 11 is 0. The number of amides is 6. The molecule has 15 N–H and O–H groups in total. The number of carbonyl (C=O) groups is 8. The zero-order valence-corrected chi connectivity index (χ0v) is 35.3. The van der Waals surface area contributed by atoms with E-state index in [0.29, 0.717) is 27.4 Å². The summed E-state index contributed by atoms with van der Waals surface area (Å²) in [7, 11) is 0. The first-order valence-electron chi connectivity index (χ1n) is 20.3. The minimum absolute atomic E-state index is 0.145. The Labute approximate surface area is 361 Å². The SMILES string of the molecule is CC(C)[C@H](NC(=O)[C@H](Cc1c[nH]c2ccccc12)NC(=O)[C@@H](NC(=O)[C@H](CCC(=O)O)NC(=O)[C@H](Cc1c[nH]c2ccccc12)NC(=O)CNC(=O)[C@@H]([NH3+])[C@@H](C)O)[C@@H](C)O)C(=O)O. The van der Waals surface area contributed by atoms with Gasteiger partial charge in [-0.1, -0.05) is 50.2 Å². The molecule has 0 fully saturated rings. The molecule has 63 heavy (non-hydrogen) atoms. The van der Waals surface area contributed by atoms with Crippen LogP contribution < -0.4 is 37.6 Å². The highest BCUT2D eigenvalue weighted by Gasteiger charge is 2.36. The molecule has 0 spiro atoms. The van der Waals surface area contributed by atoms with Crippen LogP contribution in [0.3, 0.4) is 0 Å². The van der Waals surface area contributed by atoms with Crippen molar-refractivity contribution in [3.05, 3.63) is 72.1 Å². The van der Waals surface area contributed by atoms with Crippen molar-refractivity contribution in [3.8, 4) is 0 Å². The van der Waals surface area contributed by atoms with Gasteiger partial charge in [-0.15, -0.1) is 0 Å². The van der Waals surface area contributed by atoms with Crippen LogP contribution >= 0.6 is 0 Å². The van der Waals surface area contributed by atoms with Crippen LogP contribution in [0.1, 0.15) is 51.7 Å². The first kappa shape index (κ1) is 48.8. The number of quaternary nitrogens is 1. The lowest BCUT2D eigenvalue weighted by molar-refractivity contribution is -0.419. The van der Waals surface area contributed by atoms with E-state index in [0.717, 1.165) is 5.52 Å². The normalized spacial score (nSPS) is 15.2. The topological polar surface area (TPSA) is 349 Å². The molecule has 4 aromatic rings. The molecule has 0 aliphatic carbocycles. The lowest BCUT2D eigenvalue weighted by Gasteiger charge is -2.28. The van der Waals surface area contributed by atoms with Gasteiger partial charge in [-0.2, -0.15) is 0 Å². The van der Waals surface area contributed by atoms with Crippen LogP contribution in [0.5, 0.6) is 0 Å². The van der Waals surface area contributed by atoms with E-state index >= 15 is 0 Å². The largest absolute Gasteiger partial charge is 0.481 e. The zero-order valence-electron chi connectivity index (χ0n) is 35.3. The van der Waals surface area contributed by atoms with E-state index in [1.165, 1.54) is 13.8 Å². The van der Waals surface area contributed by atoms with Crippen LogP contribution in [0.4, 0.5) is 0 Å². The number of aromatic nitrogens is 2. The number of aromatic amines is 2. The Kier molecular flexibility index (Phi) is 17.3. The number of nitrogens with one attached hydrogen (secondary N) is 8. The molecule has 4 rings (SSSR count). The predicted octanol–water partition coefficient (Wildman–Crippen LogP) is -2.05. The molecule has 0 aliphatic heterocycles. The molecule has 21 nitrogen and oxygen atoms in total. The Balaban J connectivity index is 1.58. The van der Waals surface area contributed by atoms with Gasteiger partial charge in [-0.3, -0.25) is 33.6 Å². The number of aliphatic carboxylic acids is 2. The molecule has 2 aromatic carbocycles. The Morgan fingerprint density at radius 1 is 0.603 bits per heavy atom. The number of para-hydroxylation sites is 2. The third kappa shape index (κ3) is 13.6. The van der Waals surface area contributed by atoms with Gasteiger partial charge in [0.05, 0.1) is 12.6 Å². The number of carboxylic acid groups (broad SMARTS) is 2. The van der Waals surface area contributed by atoms with Crippen molar-refractivity contribution in [2.45, 2.75) is 102 Å². The molecular formula is C42H56N9O12+. The fourth-order valence-electron chi connectivity index (χ4n) is 6.72. The highest BCUT2D eigenvalue weighted by atomic mass is 16.4. The van der Waals surface area contributed by atoms with E-state index in [2.05, 4.69) is 47.6 Å². The molecule has 2 heterocycles. The smallest absolute Gasteiger partial charge is 0.326 e. The number of carboxylic acids is 2. The second-order valence-electron chi connectivity index (χ2n) is 15.7. The minimum Gasteiger partial charge on any atom is -0.481 e. The average molecular weight is 879 g/mol. The van der Waals surface area contributed by atoms with Crippen molar-refractivity contribution in [1.29, 1.82) is 0 Å². The van der Waals surface area contributed by atoms with Crippen molar-refractivity contribution < 1.29 is 64.5 Å². The number of rotatable bonds is 23. The van der Waals surface area contributed by atoms with E-state index in [1.54, 1.807) is 74.8 Å². The van der Waals surface area contributed by atoms with Crippen molar-refractivity contribution >= 4 is 69.2 Å². The summed E-state index contributed by atoms with van der Waals surface area (Å²) in [5.74, 6) is -8.73. The number of H-pyrrole nitrogens is 2. The molecule has 0 aliphatic rings. The quantitative estimate of drug-likeness (QED) is 0.0383. The number of hydrogen-bond donors (Lipinski definition) is 13. The Morgan fingerprint density at radius 2 is 1.08 bits per heavy atom. The molecule has 0 unspecified atom stereocenters. The summed E-state index contributed by atoms with van der Waals surface area (Å²) in [6.07, 6.45) is -0.941. The van der Waals surface area contributed by atoms with Crippen molar-refractivity contribution in [3.63, 3.8) is 0 Å². The Hall–Kier alpha value is -6.84. The fraction of sp³-hybridized carbons (Fsp3) is 0.429. The van der Waals surface area contributed by atoms with Crippen molar-refractivity contribution in [1.82, 2.24) is 41.9 Å². The van der Waals surface area contributed by atoms with Crippen LogP contribution in [0, 0.1) is 5.92 Å². The Bertz CT molecular complexity index is 2290. The second-order valence-corrected chi connectivity index (χ2v) is 15.7. The highest BCUT2D eigenvalue weighted by molar-refractivity contribution is 5.97. The van der Waals surface area contributed by atoms with Crippen LogP contribution in [-0.2, 0) is 51.2 Å². The summed E-state index contributed by atoms with van der Waals surface area (Å²) in [4.78, 5) is 111. The van der Waals surface area contributed by atoms with E-state index in [4.69, 9.17) is 0 Å². The number of benzene rings is 2. The first-order valence-corrected chi connectivity index (χ1v) is 20.3. The van der Waals surface area contributed by atoms with Gasteiger partial charge in [-0.05, 0) is 49.4 Å². The molecule has 21 heteroatoms. The summed E-state index contributed by atoms with van der Waals surface area (Å²) in [5, 5.41) is 55.9. The summed E-state index contributed by atoms with van der Waals surface area (Å²) in [5.41, 5.74) is 6.15. The first-order chi connectivity index (χ1) is 29.8. The van der Waals surface area contributed by atoms with E-state index in [1.807, 2.05) is 0 Å². The van der Waals surface area contributed by atoms with Gasteiger partial charge in [0.2, 0.25) is 29.5 Å². The summed E-state index contributed by atoms with van der Waals surface area (Å²) < 4.78 is 0. The third-order valence-electron chi connectivity index (χ3n) is 10.4. The molecule has 2 aromatic heterocycles. The summed E-state index contributed by atoms with van der Waals surface area (Å²) in [6, 6.07) is 5.52. The highest BCUT2D eigenvalue weighted by Crippen LogP contribution is 2.21. The predicted molar refractivity (Wildman–Crippen MR) is 226 cm³/mol. The minimum atomic E-state index is -1.79.